The maximum atomic E-state index is 11.9. The number of rotatable bonds is 7. The molecule has 1 atom stereocenters. The molecule has 112 valence electrons. The zero-order valence-corrected chi connectivity index (χ0v) is 13.3. The number of carbonyl (C=O) groups is 1. The number of carbonyl (C=O) groups excluding carboxylic acids is 1. The van der Waals surface area contributed by atoms with Crippen molar-refractivity contribution in [3.8, 4) is 0 Å². The molecule has 0 aliphatic rings. The number of halogens is 3. The predicted octanol–water partition coefficient (Wildman–Crippen LogP) is 2.28. The van der Waals surface area contributed by atoms with E-state index in [4.69, 9.17) is 39.5 Å². The van der Waals surface area contributed by atoms with Gasteiger partial charge in [0.05, 0.1) is 13.0 Å². The Bertz CT molecular complexity index is 410. The summed E-state index contributed by atoms with van der Waals surface area (Å²) in [6.45, 7) is 0.909. The molecule has 2 N–H and O–H groups in total. The van der Waals surface area contributed by atoms with E-state index in [2.05, 4.69) is 10.6 Å². The first-order valence-electron chi connectivity index (χ1n) is 6.06. The second kappa shape index (κ2) is 8.70. The van der Waals surface area contributed by atoms with Crippen LogP contribution in [0.4, 0.5) is 0 Å². The molecule has 0 bridgehead atoms. The number of methoxy groups -OCH3 is 1. The molecular formula is C13H17Cl3N2O2. The van der Waals surface area contributed by atoms with Crippen molar-refractivity contribution in [2.45, 2.75) is 16.4 Å². The maximum Gasteiger partial charge on any atom is 0.225 e. The summed E-state index contributed by atoms with van der Waals surface area (Å²) in [5.41, 5.74) is 0.893. The average molecular weight is 340 g/mol. The molecule has 0 saturated carbocycles. The van der Waals surface area contributed by atoms with Crippen molar-refractivity contribution in [1.29, 1.82) is 0 Å². The van der Waals surface area contributed by atoms with Crippen molar-refractivity contribution in [2.75, 3.05) is 20.3 Å². The lowest BCUT2D eigenvalue weighted by atomic mass is 10.1. The van der Waals surface area contributed by atoms with Crippen LogP contribution < -0.4 is 10.6 Å². The zero-order valence-electron chi connectivity index (χ0n) is 11.0. The number of nitrogens with one attached hydrogen (secondary N) is 2. The van der Waals surface area contributed by atoms with E-state index in [-0.39, 0.29) is 12.3 Å². The lowest BCUT2D eigenvalue weighted by molar-refractivity contribution is -0.121. The second-order valence-corrected chi connectivity index (χ2v) is 6.52. The van der Waals surface area contributed by atoms with Gasteiger partial charge in [0.1, 0.15) is 6.17 Å². The van der Waals surface area contributed by atoms with Crippen molar-refractivity contribution in [3.63, 3.8) is 0 Å². The maximum absolute atomic E-state index is 11.9. The van der Waals surface area contributed by atoms with Crippen LogP contribution in [0.1, 0.15) is 5.56 Å². The Kier molecular flexibility index (Phi) is 7.62. The van der Waals surface area contributed by atoms with Crippen LogP contribution in [0.5, 0.6) is 0 Å². The highest BCUT2D eigenvalue weighted by Gasteiger charge is 2.33. The summed E-state index contributed by atoms with van der Waals surface area (Å²) in [7, 11) is 1.57. The van der Waals surface area contributed by atoms with Gasteiger partial charge in [0.2, 0.25) is 9.70 Å². The van der Waals surface area contributed by atoms with E-state index in [1.165, 1.54) is 0 Å². The molecule has 0 heterocycles. The molecule has 1 aromatic carbocycles. The number of amides is 1. The Hall–Kier alpha value is -0.520. The lowest BCUT2D eigenvalue weighted by Gasteiger charge is -2.26. The van der Waals surface area contributed by atoms with Crippen molar-refractivity contribution in [1.82, 2.24) is 10.6 Å². The summed E-state index contributed by atoms with van der Waals surface area (Å²) >= 11 is 17.5. The molecule has 4 nitrogen and oxygen atoms in total. The van der Waals surface area contributed by atoms with Gasteiger partial charge in [0.15, 0.2) is 0 Å². The number of hydrogen-bond donors (Lipinski definition) is 2. The Morgan fingerprint density at radius 2 is 1.95 bits per heavy atom. The van der Waals surface area contributed by atoms with E-state index in [0.29, 0.717) is 13.2 Å². The highest BCUT2D eigenvalue weighted by Crippen LogP contribution is 2.29. The van der Waals surface area contributed by atoms with Crippen molar-refractivity contribution in [2.24, 2.45) is 0 Å². The first kappa shape index (κ1) is 17.5. The van der Waals surface area contributed by atoms with Crippen LogP contribution in [-0.4, -0.2) is 36.1 Å². The van der Waals surface area contributed by atoms with Crippen LogP contribution in [0.3, 0.4) is 0 Å². The van der Waals surface area contributed by atoms with Gasteiger partial charge < -0.3 is 10.1 Å². The Morgan fingerprint density at radius 1 is 1.30 bits per heavy atom. The molecule has 1 amide bonds. The summed E-state index contributed by atoms with van der Waals surface area (Å²) < 4.78 is 3.26. The van der Waals surface area contributed by atoms with Gasteiger partial charge in [-0.3, -0.25) is 10.1 Å². The molecule has 20 heavy (non-hydrogen) atoms. The summed E-state index contributed by atoms with van der Waals surface area (Å²) in [5, 5.41) is 5.59. The average Bonchev–Trinajstić information content (AvgIpc) is 2.38. The molecule has 1 unspecified atom stereocenters. The van der Waals surface area contributed by atoms with Crippen molar-refractivity contribution >= 4 is 40.7 Å². The van der Waals surface area contributed by atoms with E-state index >= 15 is 0 Å². The van der Waals surface area contributed by atoms with Gasteiger partial charge in [-0.2, -0.15) is 0 Å². The highest BCUT2D eigenvalue weighted by molar-refractivity contribution is 6.68. The van der Waals surface area contributed by atoms with Gasteiger partial charge in [-0.15, -0.1) is 0 Å². The number of ether oxygens (including phenoxy) is 1. The smallest absolute Gasteiger partial charge is 0.225 e. The van der Waals surface area contributed by atoms with E-state index in [0.717, 1.165) is 5.56 Å². The Balaban J connectivity index is 2.53. The third-order valence-corrected chi connectivity index (χ3v) is 3.15. The van der Waals surface area contributed by atoms with Crippen LogP contribution in [0, 0.1) is 0 Å². The molecule has 0 aliphatic carbocycles. The first-order valence-corrected chi connectivity index (χ1v) is 7.19. The van der Waals surface area contributed by atoms with E-state index < -0.39 is 9.96 Å². The summed E-state index contributed by atoms with van der Waals surface area (Å²) in [6, 6.07) is 9.35. The molecular weight excluding hydrogens is 323 g/mol. The third kappa shape index (κ3) is 6.77. The normalized spacial score (nSPS) is 13.0. The second-order valence-electron chi connectivity index (χ2n) is 4.15. The SMILES string of the molecule is COCCNC(NC(=O)Cc1ccccc1)C(Cl)(Cl)Cl. The quantitative estimate of drug-likeness (QED) is 0.455. The highest BCUT2D eigenvalue weighted by atomic mass is 35.6. The monoisotopic (exact) mass is 338 g/mol. The van der Waals surface area contributed by atoms with Gasteiger partial charge in [0, 0.05) is 13.7 Å². The standard InChI is InChI=1S/C13H17Cl3N2O2/c1-20-8-7-17-12(13(14,15)16)18-11(19)9-10-5-3-2-4-6-10/h2-6,12,17H,7-9H2,1H3,(H,18,19). The molecule has 0 fully saturated rings. The molecule has 0 spiro atoms. The Labute approximate surface area is 133 Å². The largest absolute Gasteiger partial charge is 0.383 e. The van der Waals surface area contributed by atoms with Crippen LogP contribution in [0.2, 0.25) is 0 Å². The van der Waals surface area contributed by atoms with Gasteiger partial charge in [-0.05, 0) is 5.56 Å². The number of alkyl halides is 3. The van der Waals surface area contributed by atoms with Gasteiger partial charge >= 0.3 is 0 Å². The fourth-order valence-electron chi connectivity index (χ4n) is 1.55. The van der Waals surface area contributed by atoms with Gasteiger partial charge in [-0.1, -0.05) is 65.1 Å². The predicted molar refractivity (Wildman–Crippen MR) is 82.2 cm³/mol. The van der Waals surface area contributed by atoms with Crippen LogP contribution in [0.15, 0.2) is 30.3 Å². The summed E-state index contributed by atoms with van der Waals surface area (Å²) in [5.74, 6) is -0.225. The zero-order chi connectivity index (χ0) is 15.0. The van der Waals surface area contributed by atoms with E-state index in [9.17, 15) is 4.79 Å². The topological polar surface area (TPSA) is 50.4 Å². The fraction of sp³-hybridized carbons (Fsp3) is 0.462. The molecule has 0 radical (unpaired) electrons. The molecule has 7 heteroatoms. The van der Waals surface area contributed by atoms with E-state index in [1.807, 2.05) is 30.3 Å². The minimum absolute atomic E-state index is 0.225. The minimum Gasteiger partial charge on any atom is -0.383 e. The molecule has 0 saturated heterocycles. The molecule has 1 rings (SSSR count). The fourth-order valence-corrected chi connectivity index (χ4v) is 1.94. The number of hydrogen-bond acceptors (Lipinski definition) is 3. The van der Waals surface area contributed by atoms with Crippen LogP contribution in [-0.2, 0) is 16.0 Å². The number of benzene rings is 1. The van der Waals surface area contributed by atoms with Crippen molar-refractivity contribution < 1.29 is 9.53 Å². The minimum atomic E-state index is -1.64. The van der Waals surface area contributed by atoms with Crippen LogP contribution >= 0.6 is 34.8 Å². The van der Waals surface area contributed by atoms with Crippen LogP contribution in [0.25, 0.3) is 0 Å². The summed E-state index contributed by atoms with van der Waals surface area (Å²) in [4.78, 5) is 11.9. The van der Waals surface area contributed by atoms with Gasteiger partial charge in [-0.25, -0.2) is 0 Å². The molecule has 0 aliphatic heterocycles. The lowest BCUT2D eigenvalue weighted by Crippen LogP contribution is -2.54. The first-order chi connectivity index (χ1) is 9.43. The molecule has 1 aromatic rings. The third-order valence-electron chi connectivity index (χ3n) is 2.49. The summed E-state index contributed by atoms with van der Waals surface area (Å²) in [6.07, 6.45) is -0.553. The van der Waals surface area contributed by atoms with Gasteiger partial charge in [0.25, 0.3) is 0 Å². The Morgan fingerprint density at radius 3 is 2.50 bits per heavy atom. The van der Waals surface area contributed by atoms with Crippen molar-refractivity contribution in [3.05, 3.63) is 35.9 Å². The van der Waals surface area contributed by atoms with E-state index in [1.54, 1.807) is 7.11 Å². The molecule has 0 aromatic heterocycles.